The summed E-state index contributed by atoms with van der Waals surface area (Å²) in [6.45, 7) is 0.562. The molecule has 0 heterocycles. The standard InChI is InChI=1S/C22H26N2O4/c1-23-22(27)20(25)14-7-2-3-8-15-24-21(26)17-10-9-13-19(16-17)28-18-11-5-4-6-12-18/h4-6,9-13,16H,2-3,7-8,14-15H2,1H3,(H,23,27)(H,24,26). The number of benzene rings is 2. The van der Waals surface area contributed by atoms with Crippen LogP contribution in [-0.2, 0) is 9.59 Å². The fraction of sp³-hybridized carbons (Fsp3) is 0.318. The molecule has 0 saturated heterocycles. The molecule has 2 rings (SSSR count). The molecule has 0 aliphatic carbocycles. The Morgan fingerprint density at radius 2 is 1.57 bits per heavy atom. The predicted molar refractivity (Wildman–Crippen MR) is 107 cm³/mol. The van der Waals surface area contributed by atoms with Crippen molar-refractivity contribution in [2.75, 3.05) is 13.6 Å². The number of rotatable bonds is 11. The van der Waals surface area contributed by atoms with E-state index in [0.29, 0.717) is 24.3 Å². The Balaban J connectivity index is 1.67. The van der Waals surface area contributed by atoms with Crippen molar-refractivity contribution in [3.8, 4) is 11.5 Å². The van der Waals surface area contributed by atoms with Gasteiger partial charge in [0.05, 0.1) is 0 Å². The first kappa shape index (κ1) is 21.2. The third kappa shape index (κ3) is 7.23. The van der Waals surface area contributed by atoms with E-state index >= 15 is 0 Å². The minimum absolute atomic E-state index is 0.145. The second kappa shape index (κ2) is 11.5. The van der Waals surface area contributed by atoms with Crippen LogP contribution in [0.3, 0.4) is 0 Å². The summed E-state index contributed by atoms with van der Waals surface area (Å²) in [6.07, 6.45) is 3.50. The van der Waals surface area contributed by atoms with E-state index in [0.717, 1.165) is 25.0 Å². The van der Waals surface area contributed by atoms with Crippen molar-refractivity contribution < 1.29 is 19.1 Å². The molecular weight excluding hydrogens is 356 g/mol. The first-order valence-electron chi connectivity index (χ1n) is 9.46. The van der Waals surface area contributed by atoms with Gasteiger partial charge in [0.15, 0.2) is 0 Å². The number of amides is 2. The van der Waals surface area contributed by atoms with Gasteiger partial charge in [0.1, 0.15) is 11.5 Å². The second-order valence-electron chi connectivity index (χ2n) is 6.37. The van der Waals surface area contributed by atoms with Gasteiger partial charge in [-0.15, -0.1) is 0 Å². The molecule has 6 heteroatoms. The number of unbranched alkanes of at least 4 members (excludes halogenated alkanes) is 3. The Morgan fingerprint density at radius 3 is 2.32 bits per heavy atom. The minimum atomic E-state index is -0.536. The quantitative estimate of drug-likeness (QED) is 0.460. The van der Waals surface area contributed by atoms with Crippen molar-refractivity contribution in [1.82, 2.24) is 10.6 Å². The van der Waals surface area contributed by atoms with Gasteiger partial charge >= 0.3 is 0 Å². The number of likely N-dealkylation sites (N-methyl/N-ethyl adjacent to an activating group) is 1. The zero-order valence-electron chi connectivity index (χ0n) is 16.1. The lowest BCUT2D eigenvalue weighted by atomic mass is 10.1. The van der Waals surface area contributed by atoms with Gasteiger partial charge in [-0.25, -0.2) is 0 Å². The van der Waals surface area contributed by atoms with Crippen LogP contribution in [0.15, 0.2) is 54.6 Å². The maximum atomic E-state index is 12.3. The van der Waals surface area contributed by atoms with E-state index in [9.17, 15) is 14.4 Å². The van der Waals surface area contributed by atoms with Crippen molar-refractivity contribution >= 4 is 17.6 Å². The number of hydrogen-bond donors (Lipinski definition) is 2. The Hall–Kier alpha value is -3.15. The minimum Gasteiger partial charge on any atom is -0.457 e. The van der Waals surface area contributed by atoms with Crippen LogP contribution < -0.4 is 15.4 Å². The van der Waals surface area contributed by atoms with Crippen molar-refractivity contribution in [3.63, 3.8) is 0 Å². The summed E-state index contributed by atoms with van der Waals surface area (Å²) in [7, 11) is 1.45. The summed E-state index contributed by atoms with van der Waals surface area (Å²) in [6, 6.07) is 16.5. The summed E-state index contributed by atoms with van der Waals surface area (Å²) >= 11 is 0. The van der Waals surface area contributed by atoms with Crippen LogP contribution >= 0.6 is 0 Å². The number of ether oxygens (including phenoxy) is 1. The number of para-hydroxylation sites is 1. The molecule has 0 radical (unpaired) electrons. The van der Waals surface area contributed by atoms with Crippen LogP contribution in [0.2, 0.25) is 0 Å². The normalized spacial score (nSPS) is 10.2. The Kier molecular flexibility index (Phi) is 8.72. The van der Waals surface area contributed by atoms with Gasteiger partial charge in [0.25, 0.3) is 11.8 Å². The van der Waals surface area contributed by atoms with Crippen molar-refractivity contribution in [3.05, 3.63) is 60.2 Å². The number of nitrogens with one attached hydrogen (secondary N) is 2. The molecule has 0 aliphatic rings. The highest BCUT2D eigenvalue weighted by molar-refractivity contribution is 6.36. The number of Topliss-reactive ketones (excluding diaryl/α,β-unsaturated/α-hetero) is 1. The van der Waals surface area contributed by atoms with E-state index < -0.39 is 5.91 Å². The SMILES string of the molecule is CNC(=O)C(=O)CCCCCCNC(=O)c1cccc(Oc2ccccc2)c1. The summed E-state index contributed by atoms with van der Waals surface area (Å²) in [4.78, 5) is 34.7. The van der Waals surface area contributed by atoms with Crippen LogP contribution in [0, 0.1) is 0 Å². The molecule has 0 spiro atoms. The maximum Gasteiger partial charge on any atom is 0.287 e. The molecule has 2 amide bonds. The molecule has 0 fully saturated rings. The van der Waals surface area contributed by atoms with E-state index in [1.807, 2.05) is 36.4 Å². The van der Waals surface area contributed by atoms with Crippen LogP contribution in [-0.4, -0.2) is 31.2 Å². The molecule has 148 valence electrons. The number of carbonyl (C=O) groups is 3. The molecule has 28 heavy (non-hydrogen) atoms. The van der Waals surface area contributed by atoms with Crippen molar-refractivity contribution in [1.29, 1.82) is 0 Å². The number of carbonyl (C=O) groups excluding carboxylic acids is 3. The van der Waals surface area contributed by atoms with Gasteiger partial charge in [-0.2, -0.15) is 0 Å². The molecule has 2 N–H and O–H groups in total. The monoisotopic (exact) mass is 382 g/mol. The van der Waals surface area contributed by atoms with Crippen LogP contribution in [0.5, 0.6) is 11.5 Å². The predicted octanol–water partition coefficient (Wildman–Crippen LogP) is 3.47. The van der Waals surface area contributed by atoms with Crippen LogP contribution in [0.25, 0.3) is 0 Å². The largest absolute Gasteiger partial charge is 0.457 e. The Labute approximate surface area is 165 Å². The molecule has 0 aliphatic heterocycles. The first-order chi connectivity index (χ1) is 13.6. The molecule has 6 nitrogen and oxygen atoms in total. The lowest BCUT2D eigenvalue weighted by molar-refractivity contribution is -0.137. The second-order valence-corrected chi connectivity index (χ2v) is 6.37. The zero-order chi connectivity index (χ0) is 20.2. The molecule has 0 bridgehead atoms. The maximum absolute atomic E-state index is 12.3. The van der Waals surface area contributed by atoms with Gasteiger partial charge in [-0.05, 0) is 43.2 Å². The third-order valence-corrected chi connectivity index (χ3v) is 4.17. The van der Waals surface area contributed by atoms with Gasteiger partial charge < -0.3 is 15.4 Å². The highest BCUT2D eigenvalue weighted by Gasteiger charge is 2.10. The molecule has 0 saturated carbocycles. The van der Waals surface area contributed by atoms with Gasteiger partial charge in [-0.3, -0.25) is 14.4 Å². The summed E-state index contributed by atoms with van der Waals surface area (Å²) < 4.78 is 5.75. The zero-order valence-corrected chi connectivity index (χ0v) is 16.1. The van der Waals surface area contributed by atoms with Crippen molar-refractivity contribution in [2.45, 2.75) is 32.1 Å². The highest BCUT2D eigenvalue weighted by Crippen LogP contribution is 2.21. The summed E-state index contributed by atoms with van der Waals surface area (Å²) in [5.41, 5.74) is 0.546. The first-order valence-corrected chi connectivity index (χ1v) is 9.46. The molecule has 0 aromatic heterocycles. The fourth-order valence-corrected chi connectivity index (χ4v) is 2.65. The fourth-order valence-electron chi connectivity index (χ4n) is 2.65. The van der Waals surface area contributed by atoms with Gasteiger partial charge in [0, 0.05) is 25.6 Å². The van der Waals surface area contributed by atoms with E-state index in [1.165, 1.54) is 7.05 Å². The Bertz CT molecular complexity index is 790. The molecule has 2 aromatic carbocycles. The lowest BCUT2D eigenvalue weighted by Gasteiger charge is -2.08. The average molecular weight is 382 g/mol. The van der Waals surface area contributed by atoms with Crippen LogP contribution in [0.1, 0.15) is 42.5 Å². The topological polar surface area (TPSA) is 84.5 Å². The third-order valence-electron chi connectivity index (χ3n) is 4.17. The number of ketones is 1. The molecule has 0 unspecified atom stereocenters. The van der Waals surface area contributed by atoms with Gasteiger partial charge in [-0.1, -0.05) is 37.1 Å². The van der Waals surface area contributed by atoms with E-state index in [-0.39, 0.29) is 18.1 Å². The lowest BCUT2D eigenvalue weighted by Crippen LogP contribution is -2.27. The molecule has 2 aromatic rings. The average Bonchev–Trinajstić information content (AvgIpc) is 2.73. The van der Waals surface area contributed by atoms with Crippen LogP contribution in [0.4, 0.5) is 0 Å². The summed E-state index contributed by atoms with van der Waals surface area (Å²) in [5.74, 6) is 0.266. The molecular formula is C22H26N2O4. The smallest absolute Gasteiger partial charge is 0.287 e. The Morgan fingerprint density at radius 1 is 0.857 bits per heavy atom. The van der Waals surface area contributed by atoms with Crippen molar-refractivity contribution in [2.24, 2.45) is 0 Å². The van der Waals surface area contributed by atoms with E-state index in [2.05, 4.69) is 10.6 Å². The molecule has 0 atom stereocenters. The van der Waals surface area contributed by atoms with Gasteiger partial charge in [0.2, 0.25) is 5.78 Å². The number of hydrogen-bond acceptors (Lipinski definition) is 4. The van der Waals surface area contributed by atoms with E-state index in [4.69, 9.17) is 4.74 Å². The highest BCUT2D eigenvalue weighted by atomic mass is 16.5. The summed E-state index contributed by atoms with van der Waals surface area (Å²) in [5, 5.41) is 5.22. The van der Waals surface area contributed by atoms with E-state index in [1.54, 1.807) is 18.2 Å².